The van der Waals surface area contributed by atoms with Crippen molar-refractivity contribution in [2.24, 2.45) is 0 Å². The number of hydrogen-bond acceptors (Lipinski definition) is 6. The average Bonchev–Trinajstić information content (AvgIpc) is 3.35. The van der Waals surface area contributed by atoms with Gasteiger partial charge >= 0.3 is 0 Å². The smallest absolute Gasteiger partial charge is 0.268 e. The summed E-state index contributed by atoms with van der Waals surface area (Å²) in [6, 6.07) is 7.29. The molecule has 0 saturated carbocycles. The van der Waals surface area contributed by atoms with E-state index in [1.54, 1.807) is 24.4 Å². The van der Waals surface area contributed by atoms with E-state index in [0.29, 0.717) is 72.9 Å². The summed E-state index contributed by atoms with van der Waals surface area (Å²) in [5.41, 5.74) is 1.24. The van der Waals surface area contributed by atoms with Gasteiger partial charge in [0, 0.05) is 55.3 Å². The van der Waals surface area contributed by atoms with Crippen LogP contribution in [0.5, 0.6) is 11.6 Å². The summed E-state index contributed by atoms with van der Waals surface area (Å²) in [5, 5.41) is 0. The van der Waals surface area contributed by atoms with Crippen molar-refractivity contribution >= 4 is 17.4 Å². The number of fused-ring (bicyclic) bond motifs is 1. The molecule has 1 aliphatic heterocycles. The van der Waals surface area contributed by atoms with Crippen LogP contribution in [0.25, 0.3) is 0 Å². The second-order valence-corrected chi connectivity index (χ2v) is 9.37. The number of carbonyl (C=O) groups excluding carboxylic acids is 2. The van der Waals surface area contributed by atoms with E-state index in [-0.39, 0.29) is 11.7 Å². The van der Waals surface area contributed by atoms with E-state index in [2.05, 4.69) is 37.6 Å². The van der Waals surface area contributed by atoms with Gasteiger partial charge in [-0.05, 0) is 57.9 Å². The number of anilines is 1. The number of halogens is 1. The molecule has 2 aliphatic rings. The van der Waals surface area contributed by atoms with Gasteiger partial charge in [-0.2, -0.15) is 0 Å². The van der Waals surface area contributed by atoms with E-state index in [1.807, 2.05) is 0 Å². The first-order valence-corrected chi connectivity index (χ1v) is 11.9. The Morgan fingerprint density at radius 2 is 1.91 bits per heavy atom. The molecule has 1 amide bonds. The van der Waals surface area contributed by atoms with E-state index < -0.39 is 11.9 Å². The molecule has 1 aliphatic carbocycles. The zero-order valence-corrected chi connectivity index (χ0v) is 20.2. The van der Waals surface area contributed by atoms with Gasteiger partial charge in [-0.3, -0.25) is 14.5 Å². The monoisotopic (exact) mass is 469 g/mol. The van der Waals surface area contributed by atoms with Crippen LogP contribution in [0.3, 0.4) is 0 Å². The Kier molecular flexibility index (Phi) is 7.16. The molecule has 8 heteroatoms. The molecule has 0 radical (unpaired) electrons. The van der Waals surface area contributed by atoms with Crippen molar-refractivity contribution in [2.45, 2.75) is 65.1 Å². The van der Waals surface area contributed by atoms with E-state index in [4.69, 9.17) is 9.47 Å². The van der Waals surface area contributed by atoms with Crippen molar-refractivity contribution in [3.05, 3.63) is 47.4 Å². The normalized spacial score (nSPS) is 17.9. The van der Waals surface area contributed by atoms with Crippen LogP contribution in [0, 0.1) is 5.82 Å². The van der Waals surface area contributed by atoms with Crippen LogP contribution in [0.15, 0.2) is 30.5 Å². The van der Waals surface area contributed by atoms with Gasteiger partial charge in [0.05, 0.1) is 6.20 Å². The quantitative estimate of drug-likeness (QED) is 0.552. The van der Waals surface area contributed by atoms with Gasteiger partial charge in [-0.15, -0.1) is 0 Å². The highest BCUT2D eigenvalue weighted by atomic mass is 19.1. The number of carbonyl (C=O) groups is 2. The number of ether oxygens (including phenoxy) is 2. The molecular formula is C26H32FN3O4. The highest BCUT2D eigenvalue weighted by Crippen LogP contribution is 2.32. The maximum Gasteiger partial charge on any atom is 0.268 e. The average molecular weight is 470 g/mol. The highest BCUT2D eigenvalue weighted by molar-refractivity contribution is 6.04. The summed E-state index contributed by atoms with van der Waals surface area (Å²) >= 11 is 0. The molecule has 4 rings (SSSR count). The summed E-state index contributed by atoms with van der Waals surface area (Å²) in [7, 11) is 0. The largest absolute Gasteiger partial charge is 0.479 e. The highest BCUT2D eigenvalue weighted by Gasteiger charge is 2.36. The van der Waals surface area contributed by atoms with E-state index in [9.17, 15) is 14.0 Å². The van der Waals surface area contributed by atoms with E-state index in [1.165, 1.54) is 11.0 Å². The molecule has 0 N–H and O–H groups in total. The molecule has 1 aromatic carbocycles. The minimum absolute atomic E-state index is 0.0790. The van der Waals surface area contributed by atoms with Crippen LogP contribution in [-0.4, -0.2) is 59.5 Å². The molecule has 0 bridgehead atoms. The predicted octanol–water partition coefficient (Wildman–Crippen LogP) is 4.03. The fourth-order valence-electron chi connectivity index (χ4n) is 4.73. The third kappa shape index (κ3) is 5.06. The van der Waals surface area contributed by atoms with Crippen LogP contribution in [0.1, 0.15) is 56.5 Å². The Bertz CT molecular complexity index is 1050. The summed E-state index contributed by atoms with van der Waals surface area (Å²) in [5.74, 6) is 0.198. The Balaban J connectivity index is 1.34. The number of rotatable bonds is 9. The fourth-order valence-corrected chi connectivity index (χ4v) is 4.73. The standard InChI is InChI=1S/C26H32FN3O4/c1-16(2)29(17(3)4)11-12-33-25-8-5-19(15-28-25)34-24-9-10-30(26(24)32)18-13-21-20(22(27)14-18)6-7-23(21)31/h5,8,13-17,24H,6-7,9-12H2,1-4H3/t24-/m1/s1. The van der Waals surface area contributed by atoms with E-state index in [0.717, 1.165) is 6.54 Å². The molecule has 2 heterocycles. The second kappa shape index (κ2) is 10.1. The van der Waals surface area contributed by atoms with Crippen LogP contribution in [0.2, 0.25) is 0 Å². The zero-order valence-electron chi connectivity index (χ0n) is 20.2. The topological polar surface area (TPSA) is 72.0 Å². The molecule has 0 spiro atoms. The molecular weight excluding hydrogens is 437 g/mol. The number of Topliss-reactive ketones (excluding diaryl/α,β-unsaturated/α-hetero) is 1. The van der Waals surface area contributed by atoms with Gasteiger partial charge in [0.15, 0.2) is 11.9 Å². The summed E-state index contributed by atoms with van der Waals surface area (Å²) in [6.45, 7) is 10.4. The number of nitrogens with zero attached hydrogens (tertiary/aromatic N) is 3. The lowest BCUT2D eigenvalue weighted by atomic mass is 10.1. The van der Waals surface area contributed by atoms with Crippen molar-refractivity contribution in [3.8, 4) is 11.6 Å². The van der Waals surface area contributed by atoms with Crippen molar-refractivity contribution < 1.29 is 23.5 Å². The van der Waals surface area contributed by atoms with Crippen molar-refractivity contribution in [1.29, 1.82) is 0 Å². The zero-order chi connectivity index (χ0) is 24.4. The molecule has 1 saturated heterocycles. The van der Waals surface area contributed by atoms with Crippen molar-refractivity contribution in [2.75, 3.05) is 24.6 Å². The molecule has 0 unspecified atom stereocenters. The van der Waals surface area contributed by atoms with Gasteiger partial charge in [-0.25, -0.2) is 9.37 Å². The Morgan fingerprint density at radius 1 is 1.15 bits per heavy atom. The molecule has 7 nitrogen and oxygen atoms in total. The molecule has 182 valence electrons. The van der Waals surface area contributed by atoms with Gasteiger partial charge in [0.25, 0.3) is 5.91 Å². The lowest BCUT2D eigenvalue weighted by Crippen LogP contribution is -2.39. The van der Waals surface area contributed by atoms with Crippen LogP contribution in [-0.2, 0) is 11.2 Å². The molecule has 1 atom stereocenters. The van der Waals surface area contributed by atoms with Crippen LogP contribution >= 0.6 is 0 Å². The number of hydrogen-bond donors (Lipinski definition) is 0. The summed E-state index contributed by atoms with van der Waals surface area (Å²) in [6.07, 6.45) is 2.05. The van der Waals surface area contributed by atoms with Gasteiger partial charge in [0.1, 0.15) is 18.2 Å². The molecule has 1 aromatic heterocycles. The molecule has 1 fully saturated rings. The number of ketones is 1. The van der Waals surface area contributed by atoms with Crippen molar-refractivity contribution in [1.82, 2.24) is 9.88 Å². The number of aromatic nitrogens is 1. The first-order valence-electron chi connectivity index (χ1n) is 11.9. The Labute approximate surface area is 199 Å². The fraction of sp³-hybridized carbons (Fsp3) is 0.500. The maximum atomic E-state index is 14.5. The minimum atomic E-state index is -0.689. The lowest BCUT2D eigenvalue weighted by Gasteiger charge is -2.30. The number of pyridine rings is 1. The van der Waals surface area contributed by atoms with Gasteiger partial charge < -0.3 is 14.4 Å². The van der Waals surface area contributed by atoms with Crippen LogP contribution < -0.4 is 14.4 Å². The van der Waals surface area contributed by atoms with Gasteiger partial charge in [0.2, 0.25) is 5.88 Å². The second-order valence-electron chi connectivity index (χ2n) is 9.37. The first kappa shape index (κ1) is 24.1. The third-order valence-corrected chi connectivity index (χ3v) is 6.46. The Hall–Kier alpha value is -3.00. The molecule has 34 heavy (non-hydrogen) atoms. The summed E-state index contributed by atoms with van der Waals surface area (Å²) in [4.78, 5) is 33.1. The molecule has 2 aromatic rings. The maximum absolute atomic E-state index is 14.5. The van der Waals surface area contributed by atoms with E-state index >= 15 is 0 Å². The predicted molar refractivity (Wildman–Crippen MR) is 127 cm³/mol. The van der Waals surface area contributed by atoms with Gasteiger partial charge in [-0.1, -0.05) is 0 Å². The first-order chi connectivity index (χ1) is 16.2. The Morgan fingerprint density at radius 3 is 2.59 bits per heavy atom. The summed E-state index contributed by atoms with van der Waals surface area (Å²) < 4.78 is 26.1. The SMILES string of the molecule is CC(C)N(CCOc1ccc(O[C@@H]2CCN(c3cc(F)c4c(c3)C(=O)CC4)C2=O)cn1)C(C)C. The number of amides is 1. The third-order valence-electron chi connectivity index (χ3n) is 6.46. The minimum Gasteiger partial charge on any atom is -0.479 e. The lowest BCUT2D eigenvalue weighted by molar-refractivity contribution is -0.122. The van der Waals surface area contributed by atoms with Crippen molar-refractivity contribution in [3.63, 3.8) is 0 Å². The number of benzene rings is 1. The van der Waals surface area contributed by atoms with Crippen LogP contribution in [0.4, 0.5) is 10.1 Å².